The Hall–Kier alpha value is -2.80. The molecule has 4 unspecified atom stereocenters. The van der Waals surface area contributed by atoms with Crippen molar-refractivity contribution in [2.75, 3.05) is 26.4 Å². The van der Waals surface area contributed by atoms with Crippen LogP contribution in [0.2, 0.25) is 0 Å². The molecule has 2 heterocycles. The number of aliphatic hydroxyl groups is 7. The van der Waals surface area contributed by atoms with Gasteiger partial charge in [0.2, 0.25) is 0 Å². The fraction of sp³-hybridized carbons (Fsp3) is 0.793. The van der Waals surface area contributed by atoms with Crippen molar-refractivity contribution in [3.05, 3.63) is 60.8 Å². The van der Waals surface area contributed by atoms with Crippen LogP contribution in [0, 0.1) is 0 Å². The molecule has 73 heavy (non-hydrogen) atoms. The summed E-state index contributed by atoms with van der Waals surface area (Å²) in [6.07, 6.45) is 35.4. The summed E-state index contributed by atoms with van der Waals surface area (Å²) in [5.41, 5.74) is 0. The van der Waals surface area contributed by atoms with Crippen molar-refractivity contribution in [3.8, 4) is 0 Å². The molecule has 422 valence electrons. The maximum atomic E-state index is 13.1. The molecular weight excluding hydrogens is 937 g/mol. The second-order valence-corrected chi connectivity index (χ2v) is 19.8. The van der Waals surface area contributed by atoms with Gasteiger partial charge in [-0.25, -0.2) is 0 Å². The van der Waals surface area contributed by atoms with Gasteiger partial charge in [-0.2, -0.15) is 0 Å². The molecule has 15 nitrogen and oxygen atoms in total. The van der Waals surface area contributed by atoms with Gasteiger partial charge in [0.1, 0.15) is 55.4 Å². The van der Waals surface area contributed by atoms with Crippen molar-refractivity contribution < 1.29 is 73.8 Å². The van der Waals surface area contributed by atoms with Crippen LogP contribution in [-0.2, 0) is 38.0 Å². The van der Waals surface area contributed by atoms with E-state index in [0.717, 1.165) is 51.4 Å². The van der Waals surface area contributed by atoms with Crippen molar-refractivity contribution in [2.24, 2.45) is 0 Å². The topological polar surface area (TPSA) is 231 Å². The molecule has 15 heteroatoms. The number of carbonyl (C=O) groups excluding carboxylic acids is 2. The number of carbonyl (C=O) groups is 2. The van der Waals surface area contributed by atoms with Crippen LogP contribution in [0.1, 0.15) is 200 Å². The van der Waals surface area contributed by atoms with Crippen LogP contribution in [0.15, 0.2) is 60.8 Å². The molecular formula is C58H100O15. The highest BCUT2D eigenvalue weighted by molar-refractivity contribution is 5.70. The Morgan fingerprint density at radius 1 is 0.438 bits per heavy atom. The van der Waals surface area contributed by atoms with Gasteiger partial charge in [-0.1, -0.05) is 197 Å². The fourth-order valence-corrected chi connectivity index (χ4v) is 8.61. The van der Waals surface area contributed by atoms with Gasteiger partial charge in [0.25, 0.3) is 0 Å². The van der Waals surface area contributed by atoms with Crippen molar-refractivity contribution in [2.45, 2.75) is 268 Å². The van der Waals surface area contributed by atoms with E-state index in [2.05, 4.69) is 62.5 Å². The monoisotopic (exact) mass is 1040 g/mol. The van der Waals surface area contributed by atoms with Crippen LogP contribution in [0.25, 0.3) is 0 Å². The summed E-state index contributed by atoms with van der Waals surface area (Å²) in [5.74, 6) is -1.02. The second kappa shape index (κ2) is 44.3. The molecule has 0 bridgehead atoms. The molecule has 2 saturated heterocycles. The lowest BCUT2D eigenvalue weighted by molar-refractivity contribution is -0.332. The smallest absolute Gasteiger partial charge is 0.306 e. The molecule has 7 N–H and O–H groups in total. The minimum atomic E-state index is -1.78. The molecule has 2 rings (SSSR count). The first-order chi connectivity index (χ1) is 35.5. The third kappa shape index (κ3) is 31.8. The molecule has 0 radical (unpaired) electrons. The highest BCUT2D eigenvalue weighted by Gasteiger charge is 2.47. The first-order valence-electron chi connectivity index (χ1n) is 28.4. The highest BCUT2D eigenvalue weighted by Crippen LogP contribution is 2.26. The number of ether oxygens (including phenoxy) is 6. The molecule has 0 saturated carbocycles. The lowest BCUT2D eigenvalue weighted by Crippen LogP contribution is -2.61. The Kier molecular flexibility index (Phi) is 40.3. The number of rotatable bonds is 44. The Morgan fingerprint density at radius 3 is 1.34 bits per heavy atom. The summed E-state index contributed by atoms with van der Waals surface area (Å²) in [4.78, 5) is 25.8. The standard InChI is InChI=1S/C58H100O15/c1-3-5-7-9-11-13-15-17-19-21-23-25-26-28-30-32-34-36-38-40-49(60)68-43-46(71-50(61)41-39-37-35-33-31-29-27-24-22-20-18-16-14-12-10-8-6-4-2)44-69-57-56(67)54(65)52(63)48(73-57)45-70-58-55(66)53(64)51(62)47(42-59)72-58/h11,13,17,19,23,25,28,30,34,36,46-48,51-59,62-67H,3-10,12,14-16,18,20-22,24,26-27,29,31-33,35,37-45H2,1-2H3/b13-11+,19-17+,25-23+,30-28+,36-34+/t46-,47+,48+,51-,52-,53?,54?,55?,56?,57+,58+/m0/s1. The van der Waals surface area contributed by atoms with Gasteiger partial charge in [0, 0.05) is 12.8 Å². The van der Waals surface area contributed by atoms with E-state index in [9.17, 15) is 45.3 Å². The third-order valence-corrected chi connectivity index (χ3v) is 13.3. The Balaban J connectivity index is 1.80. The summed E-state index contributed by atoms with van der Waals surface area (Å²) in [6.45, 7) is 2.51. The fourth-order valence-electron chi connectivity index (χ4n) is 8.61. The van der Waals surface area contributed by atoms with Crippen molar-refractivity contribution >= 4 is 11.9 Å². The quantitative estimate of drug-likeness (QED) is 0.0171. The zero-order chi connectivity index (χ0) is 53.2. The number of hydrogen-bond acceptors (Lipinski definition) is 15. The van der Waals surface area contributed by atoms with Crippen LogP contribution in [0.3, 0.4) is 0 Å². The van der Waals surface area contributed by atoms with E-state index in [-0.39, 0.29) is 19.4 Å². The lowest BCUT2D eigenvalue weighted by Gasteiger charge is -2.42. The predicted molar refractivity (Wildman–Crippen MR) is 284 cm³/mol. The predicted octanol–water partition coefficient (Wildman–Crippen LogP) is 9.22. The van der Waals surface area contributed by atoms with Gasteiger partial charge in [-0.15, -0.1) is 0 Å². The third-order valence-electron chi connectivity index (χ3n) is 13.3. The molecule has 0 aromatic rings. The Labute approximate surface area is 439 Å². The van der Waals surface area contributed by atoms with Crippen LogP contribution in [0.4, 0.5) is 0 Å². The average Bonchev–Trinajstić information content (AvgIpc) is 3.38. The molecule has 0 aromatic carbocycles. The van der Waals surface area contributed by atoms with Gasteiger partial charge in [0.05, 0.1) is 19.8 Å². The minimum absolute atomic E-state index is 0.0939. The van der Waals surface area contributed by atoms with Crippen LogP contribution in [-0.4, -0.2) is 142 Å². The van der Waals surface area contributed by atoms with E-state index >= 15 is 0 Å². The molecule has 0 amide bonds. The Morgan fingerprint density at radius 2 is 0.849 bits per heavy atom. The number of esters is 2. The number of allylic oxidation sites excluding steroid dienone is 10. The van der Waals surface area contributed by atoms with E-state index in [1.165, 1.54) is 109 Å². The summed E-state index contributed by atoms with van der Waals surface area (Å²) in [7, 11) is 0. The Bertz CT molecular complexity index is 1500. The minimum Gasteiger partial charge on any atom is -0.462 e. The number of hydrogen-bond donors (Lipinski definition) is 7. The first kappa shape index (κ1) is 66.3. The molecule has 2 aliphatic rings. The van der Waals surface area contributed by atoms with E-state index in [0.29, 0.717) is 12.8 Å². The maximum absolute atomic E-state index is 13.1. The molecule has 0 aliphatic carbocycles. The van der Waals surface area contributed by atoms with Gasteiger partial charge >= 0.3 is 11.9 Å². The zero-order valence-electron chi connectivity index (χ0n) is 44.9. The lowest BCUT2D eigenvalue weighted by atomic mass is 9.98. The van der Waals surface area contributed by atoms with E-state index in [1.807, 2.05) is 12.2 Å². The van der Waals surface area contributed by atoms with Crippen molar-refractivity contribution in [3.63, 3.8) is 0 Å². The molecule has 0 aromatic heterocycles. The summed E-state index contributed by atoms with van der Waals surface area (Å²) < 4.78 is 33.6. The van der Waals surface area contributed by atoms with Crippen molar-refractivity contribution in [1.82, 2.24) is 0 Å². The van der Waals surface area contributed by atoms with Crippen LogP contribution < -0.4 is 0 Å². The van der Waals surface area contributed by atoms with Crippen LogP contribution in [0.5, 0.6) is 0 Å². The molecule has 0 spiro atoms. The summed E-state index contributed by atoms with van der Waals surface area (Å²) in [6, 6.07) is 0. The van der Waals surface area contributed by atoms with Gasteiger partial charge in [0.15, 0.2) is 18.7 Å². The van der Waals surface area contributed by atoms with E-state index in [1.54, 1.807) is 0 Å². The second-order valence-electron chi connectivity index (χ2n) is 19.8. The largest absolute Gasteiger partial charge is 0.462 e. The normalized spacial score (nSPS) is 25.3. The number of aliphatic hydroxyl groups excluding tert-OH is 7. The van der Waals surface area contributed by atoms with E-state index in [4.69, 9.17) is 28.4 Å². The molecule has 2 aliphatic heterocycles. The van der Waals surface area contributed by atoms with Crippen molar-refractivity contribution in [1.29, 1.82) is 0 Å². The SMILES string of the molecule is CCCCC/C=C/C/C=C/C/C=C/C/C=C/C/C=C/CCC(=O)OC[C@@H](CO[C@@H]1O[C@H](CO[C@@H]2O[C@H](CO)[C@H](O)C(O)C2O)[C@H](O)C(O)C1O)OC(=O)CCCCCCCCCCCCCCCCCCCC. The van der Waals surface area contributed by atoms with E-state index < -0.39 is 99.3 Å². The highest BCUT2D eigenvalue weighted by atomic mass is 16.7. The first-order valence-corrected chi connectivity index (χ1v) is 28.4. The maximum Gasteiger partial charge on any atom is 0.306 e. The summed E-state index contributed by atoms with van der Waals surface area (Å²) in [5, 5.41) is 72.2. The van der Waals surface area contributed by atoms with Gasteiger partial charge < -0.3 is 64.2 Å². The molecule has 11 atom stereocenters. The average molecular weight is 1040 g/mol. The summed E-state index contributed by atoms with van der Waals surface area (Å²) >= 11 is 0. The number of unbranched alkanes of at least 4 members (excludes halogenated alkanes) is 20. The van der Waals surface area contributed by atoms with Gasteiger partial charge in [-0.3, -0.25) is 9.59 Å². The van der Waals surface area contributed by atoms with Gasteiger partial charge in [-0.05, 0) is 51.4 Å². The zero-order valence-corrected chi connectivity index (χ0v) is 44.9. The molecule has 2 fully saturated rings. The van der Waals surface area contributed by atoms with Crippen LogP contribution >= 0.6 is 0 Å².